The van der Waals surface area contributed by atoms with E-state index in [9.17, 15) is 10.2 Å². The summed E-state index contributed by atoms with van der Waals surface area (Å²) in [5.41, 5.74) is 3.31. The van der Waals surface area contributed by atoms with E-state index < -0.39 is 0 Å². The molecule has 1 saturated carbocycles. The minimum atomic E-state index is -0.338. The summed E-state index contributed by atoms with van der Waals surface area (Å²) in [5.74, 6) is -0.0220. The van der Waals surface area contributed by atoms with Gasteiger partial charge in [-0.25, -0.2) is 0 Å². The van der Waals surface area contributed by atoms with E-state index in [4.69, 9.17) is 23.8 Å². The Labute approximate surface area is 140 Å². The third-order valence-electron chi connectivity index (χ3n) is 3.87. The number of rotatable bonds is 3. The number of nitrogens with one attached hydrogen (secondary N) is 2. The lowest BCUT2D eigenvalue weighted by Gasteiger charge is -2.30. The summed E-state index contributed by atoms with van der Waals surface area (Å²) in [4.78, 5) is 0. The third kappa shape index (κ3) is 4.48. The van der Waals surface area contributed by atoms with Crippen molar-refractivity contribution >= 4 is 35.1 Å². The van der Waals surface area contributed by atoms with Gasteiger partial charge in [0.15, 0.2) is 16.6 Å². The zero-order valence-electron chi connectivity index (χ0n) is 12.3. The quantitative estimate of drug-likeness (QED) is 0.294. The van der Waals surface area contributed by atoms with Gasteiger partial charge in [0, 0.05) is 6.04 Å². The molecule has 1 aliphatic carbocycles. The number of benzene rings is 1. The van der Waals surface area contributed by atoms with Crippen molar-refractivity contribution in [1.29, 1.82) is 0 Å². The molecule has 1 aliphatic rings. The monoisotopic (exact) mass is 341 g/mol. The average molecular weight is 342 g/mol. The fourth-order valence-corrected chi connectivity index (χ4v) is 3.00. The Morgan fingerprint density at radius 3 is 2.77 bits per heavy atom. The molecule has 1 aromatic rings. The predicted octanol–water partition coefficient (Wildman–Crippen LogP) is 3.13. The lowest BCUT2D eigenvalue weighted by molar-refractivity contribution is 0.308. The zero-order chi connectivity index (χ0) is 16.1. The van der Waals surface area contributed by atoms with Crippen molar-refractivity contribution in [2.45, 2.75) is 38.6 Å². The molecule has 7 heteroatoms. The highest BCUT2D eigenvalue weighted by atomic mass is 35.5. The minimum absolute atomic E-state index is 0.0678. The number of phenols is 2. The van der Waals surface area contributed by atoms with Crippen LogP contribution >= 0.6 is 23.8 Å². The summed E-state index contributed by atoms with van der Waals surface area (Å²) in [6, 6.07) is 3.25. The number of aromatic hydroxyl groups is 2. The average Bonchev–Trinajstić information content (AvgIpc) is 2.47. The molecule has 0 aromatic heterocycles. The number of thiocarbonyl (C=S) groups is 1. The Bertz CT molecular complexity index is 557. The van der Waals surface area contributed by atoms with Gasteiger partial charge >= 0.3 is 0 Å². The Morgan fingerprint density at radius 1 is 1.36 bits per heavy atom. The van der Waals surface area contributed by atoms with Gasteiger partial charge in [0.2, 0.25) is 0 Å². The van der Waals surface area contributed by atoms with Gasteiger partial charge in [0.25, 0.3) is 0 Å². The Balaban J connectivity index is 1.88. The van der Waals surface area contributed by atoms with Gasteiger partial charge in [0.1, 0.15) is 0 Å². The first kappa shape index (κ1) is 16.8. The molecule has 22 heavy (non-hydrogen) atoms. The summed E-state index contributed by atoms with van der Waals surface area (Å²) in [7, 11) is 0. The Kier molecular flexibility index (Phi) is 5.85. The molecule has 2 atom stereocenters. The van der Waals surface area contributed by atoms with Crippen LogP contribution in [0.2, 0.25) is 5.02 Å². The molecule has 1 aromatic carbocycles. The zero-order valence-corrected chi connectivity index (χ0v) is 13.9. The highest BCUT2D eigenvalue weighted by Gasteiger charge is 2.21. The predicted molar refractivity (Wildman–Crippen MR) is 92.7 cm³/mol. The van der Waals surface area contributed by atoms with Crippen LogP contribution in [0, 0.1) is 5.92 Å². The third-order valence-corrected chi connectivity index (χ3v) is 4.37. The maximum Gasteiger partial charge on any atom is 0.187 e. The minimum Gasteiger partial charge on any atom is -0.504 e. The van der Waals surface area contributed by atoms with Gasteiger partial charge in [-0.05, 0) is 48.7 Å². The van der Waals surface area contributed by atoms with Gasteiger partial charge in [-0.3, -0.25) is 5.43 Å². The van der Waals surface area contributed by atoms with Crippen molar-refractivity contribution in [3.8, 4) is 11.5 Å². The molecule has 5 nitrogen and oxygen atoms in total. The van der Waals surface area contributed by atoms with Crippen molar-refractivity contribution < 1.29 is 10.2 Å². The molecule has 1 fully saturated rings. The first-order valence-electron chi connectivity index (χ1n) is 7.28. The summed E-state index contributed by atoms with van der Waals surface area (Å²) >= 11 is 11.0. The number of halogens is 1. The van der Waals surface area contributed by atoms with Gasteiger partial charge in [-0.1, -0.05) is 31.4 Å². The van der Waals surface area contributed by atoms with Crippen LogP contribution in [0.1, 0.15) is 38.2 Å². The van der Waals surface area contributed by atoms with Gasteiger partial charge in [-0.15, -0.1) is 0 Å². The maximum atomic E-state index is 9.48. The second kappa shape index (κ2) is 7.65. The molecular formula is C15H20ClN3O2S. The van der Waals surface area contributed by atoms with Crippen LogP contribution in [-0.2, 0) is 0 Å². The van der Waals surface area contributed by atoms with Crippen molar-refractivity contribution in [3.05, 3.63) is 22.7 Å². The van der Waals surface area contributed by atoms with Crippen LogP contribution in [0.4, 0.5) is 0 Å². The molecule has 0 saturated heterocycles. The van der Waals surface area contributed by atoms with E-state index in [2.05, 4.69) is 22.8 Å². The molecule has 0 amide bonds. The van der Waals surface area contributed by atoms with Crippen LogP contribution in [0.25, 0.3) is 0 Å². The molecule has 0 heterocycles. The molecule has 0 spiro atoms. The topological polar surface area (TPSA) is 76.9 Å². The molecule has 120 valence electrons. The maximum absolute atomic E-state index is 9.48. The fraction of sp³-hybridized carbons (Fsp3) is 0.467. The van der Waals surface area contributed by atoms with Crippen molar-refractivity contribution in [1.82, 2.24) is 10.7 Å². The fourth-order valence-electron chi connectivity index (χ4n) is 2.58. The van der Waals surface area contributed by atoms with Crippen molar-refractivity contribution in [2.24, 2.45) is 11.0 Å². The van der Waals surface area contributed by atoms with E-state index in [-0.39, 0.29) is 16.5 Å². The number of hydrogen-bond donors (Lipinski definition) is 4. The highest BCUT2D eigenvalue weighted by Crippen LogP contribution is 2.33. The van der Waals surface area contributed by atoms with E-state index in [0.29, 0.717) is 22.6 Å². The van der Waals surface area contributed by atoms with E-state index in [1.165, 1.54) is 37.6 Å². The molecule has 0 radical (unpaired) electrons. The first-order chi connectivity index (χ1) is 10.5. The number of phenolic OH excluding ortho intramolecular Hbond substituents is 2. The smallest absolute Gasteiger partial charge is 0.187 e. The molecule has 0 aliphatic heterocycles. The summed E-state index contributed by atoms with van der Waals surface area (Å²) in [5, 5.41) is 26.7. The second-order valence-corrected chi connectivity index (χ2v) is 6.40. The highest BCUT2D eigenvalue weighted by molar-refractivity contribution is 7.80. The molecule has 2 rings (SSSR count). The van der Waals surface area contributed by atoms with Crippen molar-refractivity contribution in [2.75, 3.05) is 0 Å². The second-order valence-electron chi connectivity index (χ2n) is 5.58. The van der Waals surface area contributed by atoms with E-state index in [0.717, 1.165) is 6.42 Å². The largest absolute Gasteiger partial charge is 0.504 e. The first-order valence-corrected chi connectivity index (χ1v) is 8.07. The number of nitrogens with zero attached hydrogens (tertiary/aromatic N) is 1. The van der Waals surface area contributed by atoms with Gasteiger partial charge in [0.05, 0.1) is 11.2 Å². The van der Waals surface area contributed by atoms with Crippen LogP contribution < -0.4 is 10.7 Å². The van der Waals surface area contributed by atoms with Crippen LogP contribution in [0.15, 0.2) is 17.2 Å². The van der Waals surface area contributed by atoms with Crippen molar-refractivity contribution in [3.63, 3.8) is 0 Å². The molecule has 0 bridgehead atoms. The van der Waals surface area contributed by atoms with Crippen LogP contribution in [-0.4, -0.2) is 27.6 Å². The van der Waals surface area contributed by atoms with Crippen LogP contribution in [0.5, 0.6) is 11.5 Å². The lowest BCUT2D eigenvalue weighted by Crippen LogP contribution is -2.44. The van der Waals surface area contributed by atoms with Gasteiger partial charge < -0.3 is 15.5 Å². The SMILES string of the molecule is C[C@@H]1CCCC[C@@H]1NC(=S)N/N=C/c1cc(O)c(O)c(Cl)c1. The van der Waals surface area contributed by atoms with E-state index >= 15 is 0 Å². The standard InChI is InChI=1S/C15H20ClN3O2S/c1-9-4-2-3-5-12(9)18-15(22)19-17-8-10-6-11(16)14(21)13(20)7-10/h6-9,12,20-21H,2-5H2,1H3,(H2,18,19,22)/b17-8+/t9-,12+/m1/s1. The summed E-state index contributed by atoms with van der Waals surface area (Å²) < 4.78 is 0. The number of hydrazone groups is 1. The Morgan fingerprint density at radius 2 is 2.09 bits per heavy atom. The summed E-state index contributed by atoms with van der Waals surface area (Å²) in [6.45, 7) is 2.23. The molecular weight excluding hydrogens is 322 g/mol. The van der Waals surface area contributed by atoms with E-state index in [1.807, 2.05) is 0 Å². The summed E-state index contributed by atoms with van der Waals surface area (Å²) in [6.07, 6.45) is 6.31. The Hall–Kier alpha value is -1.53. The van der Waals surface area contributed by atoms with Crippen LogP contribution in [0.3, 0.4) is 0 Å². The molecule has 0 unspecified atom stereocenters. The lowest BCUT2D eigenvalue weighted by atomic mass is 9.86. The van der Waals surface area contributed by atoms with Gasteiger partial charge in [-0.2, -0.15) is 5.10 Å². The number of hydrogen-bond acceptors (Lipinski definition) is 4. The van der Waals surface area contributed by atoms with E-state index in [1.54, 1.807) is 0 Å². The normalized spacial score (nSPS) is 21.7. The molecule has 4 N–H and O–H groups in total.